The van der Waals surface area contributed by atoms with E-state index in [4.69, 9.17) is 0 Å². The number of aliphatic hydroxyl groups excluding tert-OH is 1. The summed E-state index contributed by atoms with van der Waals surface area (Å²) < 4.78 is 0. The number of aliphatic hydroxyl groups is 1. The molecular weight excluding hydrogens is 162 g/mol. The fourth-order valence-electron chi connectivity index (χ4n) is 2.15. The molecule has 1 N–H and O–H groups in total. The minimum absolute atomic E-state index is 0.0780. The average molecular weight is 177 g/mol. The van der Waals surface area contributed by atoms with Crippen LogP contribution in [0.2, 0.25) is 0 Å². The molecule has 0 spiro atoms. The van der Waals surface area contributed by atoms with Crippen molar-refractivity contribution >= 4 is 5.69 Å². The minimum Gasteiger partial charge on any atom is -0.395 e. The molecule has 0 aliphatic carbocycles. The summed E-state index contributed by atoms with van der Waals surface area (Å²) >= 11 is 0. The summed E-state index contributed by atoms with van der Waals surface area (Å²) in [5.41, 5.74) is 2.43. The first-order chi connectivity index (χ1) is 6.17. The Hall–Kier alpha value is -1.02. The molecule has 0 radical (unpaired) electrons. The lowest BCUT2D eigenvalue weighted by Gasteiger charge is -2.21. The van der Waals surface area contributed by atoms with Gasteiger partial charge in [0.2, 0.25) is 0 Å². The Balaban J connectivity index is 2.53. The third kappa shape index (κ3) is 1.13. The van der Waals surface area contributed by atoms with Crippen LogP contribution >= 0.6 is 0 Å². The normalized spacial score (nSPS) is 26.2. The lowest BCUT2D eigenvalue weighted by atomic mass is 9.86. The van der Waals surface area contributed by atoms with Crippen molar-refractivity contribution in [1.29, 1.82) is 0 Å². The first-order valence-corrected chi connectivity index (χ1v) is 4.59. The van der Waals surface area contributed by atoms with Gasteiger partial charge < -0.3 is 10.0 Å². The van der Waals surface area contributed by atoms with E-state index < -0.39 is 0 Å². The monoisotopic (exact) mass is 177 g/mol. The molecule has 70 valence electrons. The number of benzene rings is 1. The summed E-state index contributed by atoms with van der Waals surface area (Å²) in [6.07, 6.45) is 0. The largest absolute Gasteiger partial charge is 0.395 e. The molecule has 2 nitrogen and oxygen atoms in total. The number of fused-ring (bicyclic) bond motifs is 1. The average Bonchev–Trinajstić information content (AvgIpc) is 2.42. The highest BCUT2D eigenvalue weighted by Gasteiger charge is 2.36. The zero-order valence-corrected chi connectivity index (χ0v) is 8.12. The summed E-state index contributed by atoms with van der Waals surface area (Å²) in [7, 11) is 2.07. The summed E-state index contributed by atoms with van der Waals surface area (Å²) in [5, 5.41) is 9.36. The van der Waals surface area contributed by atoms with E-state index in [0.717, 1.165) is 6.54 Å². The van der Waals surface area contributed by atoms with Crippen molar-refractivity contribution in [3.8, 4) is 0 Å². The number of anilines is 1. The second-order valence-corrected chi connectivity index (χ2v) is 4.09. The van der Waals surface area contributed by atoms with E-state index in [1.54, 1.807) is 0 Å². The quantitative estimate of drug-likeness (QED) is 0.700. The van der Waals surface area contributed by atoms with Crippen LogP contribution in [0, 0.1) is 0 Å². The SMILES string of the molecule is CN1CC(C)(CO)c2ccccc21. The Bertz CT molecular complexity index is 324. The number of hydrogen-bond acceptors (Lipinski definition) is 2. The molecule has 0 aromatic heterocycles. The zero-order chi connectivity index (χ0) is 9.47. The molecule has 0 bridgehead atoms. The van der Waals surface area contributed by atoms with Crippen LogP contribution < -0.4 is 4.90 Å². The molecule has 1 aromatic carbocycles. The summed E-state index contributed by atoms with van der Waals surface area (Å²) in [5.74, 6) is 0. The Morgan fingerprint density at radius 3 is 2.85 bits per heavy atom. The van der Waals surface area contributed by atoms with Crippen molar-refractivity contribution < 1.29 is 5.11 Å². The van der Waals surface area contributed by atoms with Crippen LogP contribution in [0.3, 0.4) is 0 Å². The van der Waals surface area contributed by atoms with E-state index in [-0.39, 0.29) is 12.0 Å². The Kier molecular flexibility index (Phi) is 1.81. The van der Waals surface area contributed by atoms with E-state index in [0.29, 0.717) is 0 Å². The molecule has 13 heavy (non-hydrogen) atoms. The molecule has 1 heterocycles. The minimum atomic E-state index is -0.0780. The molecule has 0 amide bonds. The van der Waals surface area contributed by atoms with Gasteiger partial charge in [-0.3, -0.25) is 0 Å². The number of nitrogens with zero attached hydrogens (tertiary/aromatic N) is 1. The highest BCUT2D eigenvalue weighted by Crippen LogP contribution is 2.38. The van der Waals surface area contributed by atoms with Gasteiger partial charge in [-0.05, 0) is 11.6 Å². The van der Waals surface area contributed by atoms with Crippen molar-refractivity contribution in [2.75, 3.05) is 25.1 Å². The third-order valence-corrected chi connectivity index (χ3v) is 2.90. The first kappa shape index (κ1) is 8.57. The smallest absolute Gasteiger partial charge is 0.0543 e. The van der Waals surface area contributed by atoms with E-state index >= 15 is 0 Å². The number of para-hydroxylation sites is 1. The third-order valence-electron chi connectivity index (χ3n) is 2.90. The summed E-state index contributed by atoms with van der Waals surface area (Å²) in [4.78, 5) is 2.20. The van der Waals surface area contributed by atoms with Crippen molar-refractivity contribution in [3.05, 3.63) is 29.8 Å². The molecule has 1 aliphatic heterocycles. The van der Waals surface area contributed by atoms with Crippen molar-refractivity contribution in [1.82, 2.24) is 0 Å². The highest BCUT2D eigenvalue weighted by atomic mass is 16.3. The van der Waals surface area contributed by atoms with Crippen molar-refractivity contribution in [2.24, 2.45) is 0 Å². The Morgan fingerprint density at radius 2 is 2.15 bits per heavy atom. The molecule has 0 saturated heterocycles. The predicted octanol–water partition coefficient (Wildman–Crippen LogP) is 1.39. The molecule has 2 heteroatoms. The highest BCUT2D eigenvalue weighted by molar-refractivity contribution is 5.61. The van der Waals surface area contributed by atoms with Crippen LogP contribution in [-0.4, -0.2) is 25.3 Å². The molecule has 0 saturated carbocycles. The summed E-state index contributed by atoms with van der Waals surface area (Å²) in [6.45, 7) is 3.23. The second kappa shape index (κ2) is 2.74. The van der Waals surface area contributed by atoms with Gasteiger partial charge in [-0.15, -0.1) is 0 Å². The van der Waals surface area contributed by atoms with E-state index in [1.807, 2.05) is 12.1 Å². The molecule has 0 fully saturated rings. The molecular formula is C11H15NO. The van der Waals surface area contributed by atoms with Crippen LogP contribution in [0.15, 0.2) is 24.3 Å². The summed E-state index contributed by atoms with van der Waals surface area (Å²) in [6, 6.07) is 8.29. The van der Waals surface area contributed by atoms with Crippen LogP contribution in [0.1, 0.15) is 12.5 Å². The maximum Gasteiger partial charge on any atom is 0.0543 e. The van der Waals surface area contributed by atoms with E-state index in [9.17, 15) is 5.11 Å². The first-order valence-electron chi connectivity index (χ1n) is 4.59. The Labute approximate surface area is 78.8 Å². The molecule has 1 aliphatic rings. The van der Waals surface area contributed by atoms with Gasteiger partial charge in [0.05, 0.1) is 6.61 Å². The fourth-order valence-corrected chi connectivity index (χ4v) is 2.15. The lowest BCUT2D eigenvalue weighted by molar-refractivity contribution is 0.216. The molecule has 1 aromatic rings. The van der Waals surface area contributed by atoms with Gasteiger partial charge in [-0.1, -0.05) is 25.1 Å². The maximum absolute atomic E-state index is 9.36. The van der Waals surface area contributed by atoms with Crippen molar-refractivity contribution in [2.45, 2.75) is 12.3 Å². The van der Waals surface area contributed by atoms with Crippen molar-refractivity contribution in [3.63, 3.8) is 0 Å². The standard InChI is InChI=1S/C11H15NO/c1-11(8-13)7-12(2)10-6-4-3-5-9(10)11/h3-6,13H,7-8H2,1-2H3. The van der Waals surface area contributed by atoms with Gasteiger partial charge in [-0.25, -0.2) is 0 Å². The van der Waals surface area contributed by atoms with Gasteiger partial charge >= 0.3 is 0 Å². The van der Waals surface area contributed by atoms with Crippen LogP contribution in [0.5, 0.6) is 0 Å². The van der Waals surface area contributed by atoms with E-state index in [2.05, 4.69) is 31.0 Å². The van der Waals surface area contributed by atoms with Gasteiger partial charge in [0.1, 0.15) is 0 Å². The topological polar surface area (TPSA) is 23.5 Å². The van der Waals surface area contributed by atoms with E-state index in [1.165, 1.54) is 11.3 Å². The lowest BCUT2D eigenvalue weighted by Crippen LogP contribution is -2.32. The van der Waals surface area contributed by atoms with Gasteiger partial charge in [-0.2, -0.15) is 0 Å². The molecule has 1 unspecified atom stereocenters. The maximum atomic E-state index is 9.36. The van der Waals surface area contributed by atoms with Crippen LogP contribution in [0.25, 0.3) is 0 Å². The number of hydrogen-bond donors (Lipinski definition) is 1. The number of rotatable bonds is 1. The molecule has 1 atom stereocenters. The second-order valence-electron chi connectivity index (χ2n) is 4.09. The zero-order valence-electron chi connectivity index (χ0n) is 8.12. The van der Waals surface area contributed by atoms with Gasteiger partial charge in [0.15, 0.2) is 0 Å². The van der Waals surface area contributed by atoms with Crippen LogP contribution in [0.4, 0.5) is 5.69 Å². The molecule has 2 rings (SSSR count). The predicted molar refractivity (Wildman–Crippen MR) is 54.1 cm³/mol. The fraction of sp³-hybridized carbons (Fsp3) is 0.455. The van der Waals surface area contributed by atoms with Gasteiger partial charge in [0, 0.05) is 24.7 Å². The number of likely N-dealkylation sites (N-methyl/N-ethyl adjacent to an activating group) is 1. The van der Waals surface area contributed by atoms with Crippen LogP contribution in [-0.2, 0) is 5.41 Å². The Morgan fingerprint density at radius 1 is 1.46 bits per heavy atom. The van der Waals surface area contributed by atoms with Gasteiger partial charge in [0.25, 0.3) is 0 Å².